The van der Waals surface area contributed by atoms with Crippen LogP contribution in [0.4, 0.5) is 18.0 Å². The second-order valence-electron chi connectivity index (χ2n) is 8.08. The Hall–Kier alpha value is -1.81. The third kappa shape index (κ3) is 6.34. The van der Waals surface area contributed by atoms with Crippen LogP contribution < -0.4 is 10.6 Å². The molecule has 2 aliphatic rings. The van der Waals surface area contributed by atoms with Crippen LogP contribution in [-0.4, -0.2) is 43.9 Å². The van der Waals surface area contributed by atoms with Gasteiger partial charge in [-0.2, -0.15) is 13.2 Å². The lowest BCUT2D eigenvalue weighted by Gasteiger charge is -2.32. The molecule has 1 saturated carbocycles. The van der Waals surface area contributed by atoms with E-state index in [1.165, 1.54) is 22.9 Å². The highest BCUT2D eigenvalue weighted by atomic mass is 32.2. The first-order chi connectivity index (χ1) is 14.1. The lowest BCUT2D eigenvalue weighted by Crippen LogP contribution is -2.51. The van der Waals surface area contributed by atoms with Crippen LogP contribution in [0.25, 0.3) is 0 Å². The Kier molecular flexibility index (Phi) is 7.28. The Morgan fingerprint density at radius 3 is 2.20 bits per heavy atom. The van der Waals surface area contributed by atoms with E-state index in [9.17, 15) is 26.4 Å². The molecule has 3 rings (SSSR count). The molecule has 0 aromatic heterocycles. The molecule has 1 aromatic carbocycles. The number of amides is 2. The number of halogens is 3. The largest absolute Gasteiger partial charge is 0.416 e. The standard InChI is InChI=1S/C20H28F3N3O3S/c21-20(22,23)16-6-4-5-15(13-16)14-30(28,29)26-11-9-18(10-12-26)25-19(27)24-17-7-2-1-3-8-17/h4-6,13,17-18H,1-3,7-12,14H2,(H2,24,25,27). The van der Waals surface area contributed by atoms with Crippen molar-refractivity contribution in [3.8, 4) is 0 Å². The molecule has 0 radical (unpaired) electrons. The molecule has 2 N–H and O–H groups in total. The van der Waals surface area contributed by atoms with Crippen molar-refractivity contribution in [2.45, 2.75) is 69.0 Å². The van der Waals surface area contributed by atoms with E-state index in [-0.39, 0.29) is 36.8 Å². The van der Waals surface area contributed by atoms with Gasteiger partial charge in [-0.15, -0.1) is 0 Å². The predicted molar refractivity (Wildman–Crippen MR) is 107 cm³/mol. The molecule has 1 heterocycles. The lowest BCUT2D eigenvalue weighted by atomic mass is 9.96. The summed E-state index contributed by atoms with van der Waals surface area (Å²) in [5.74, 6) is -0.475. The predicted octanol–water partition coefficient (Wildman–Crippen LogP) is 3.63. The second-order valence-corrected chi connectivity index (χ2v) is 10.0. The minimum absolute atomic E-state index is 0.108. The number of hydrogen-bond donors (Lipinski definition) is 2. The van der Waals surface area contributed by atoms with Gasteiger partial charge in [0.1, 0.15) is 0 Å². The van der Waals surface area contributed by atoms with Crippen molar-refractivity contribution < 1.29 is 26.4 Å². The number of rotatable bonds is 5. The van der Waals surface area contributed by atoms with Gasteiger partial charge >= 0.3 is 12.2 Å². The van der Waals surface area contributed by atoms with Crippen molar-refractivity contribution in [3.05, 3.63) is 35.4 Å². The van der Waals surface area contributed by atoms with Crippen molar-refractivity contribution in [2.75, 3.05) is 13.1 Å². The maximum atomic E-state index is 12.9. The number of alkyl halides is 3. The van der Waals surface area contributed by atoms with E-state index in [1.807, 2.05) is 0 Å². The zero-order valence-corrected chi connectivity index (χ0v) is 17.6. The molecule has 2 amide bonds. The number of hydrogen-bond acceptors (Lipinski definition) is 3. The summed E-state index contributed by atoms with van der Waals surface area (Å²) in [6, 6.07) is 4.27. The number of urea groups is 1. The Labute approximate surface area is 175 Å². The minimum Gasteiger partial charge on any atom is -0.335 e. The molecule has 1 aliphatic carbocycles. The van der Waals surface area contributed by atoms with E-state index in [4.69, 9.17) is 0 Å². The molecule has 0 spiro atoms. The van der Waals surface area contributed by atoms with E-state index in [0.717, 1.165) is 37.8 Å². The second kappa shape index (κ2) is 9.55. The van der Waals surface area contributed by atoms with Crippen LogP contribution in [-0.2, 0) is 22.0 Å². The zero-order valence-electron chi connectivity index (χ0n) is 16.7. The van der Waals surface area contributed by atoms with Crippen molar-refractivity contribution in [1.82, 2.24) is 14.9 Å². The number of sulfonamides is 1. The van der Waals surface area contributed by atoms with Crippen LogP contribution in [0.1, 0.15) is 56.1 Å². The van der Waals surface area contributed by atoms with Gasteiger partial charge in [0.05, 0.1) is 11.3 Å². The first kappa shape index (κ1) is 22.9. The average molecular weight is 448 g/mol. The molecule has 30 heavy (non-hydrogen) atoms. The molecule has 0 atom stereocenters. The number of nitrogens with one attached hydrogen (secondary N) is 2. The monoisotopic (exact) mass is 447 g/mol. The number of benzene rings is 1. The molecule has 0 unspecified atom stereocenters. The number of carbonyl (C=O) groups is 1. The first-order valence-electron chi connectivity index (χ1n) is 10.3. The van der Waals surface area contributed by atoms with Gasteiger partial charge in [-0.3, -0.25) is 0 Å². The van der Waals surface area contributed by atoms with E-state index in [2.05, 4.69) is 10.6 Å². The number of piperidine rings is 1. The van der Waals surface area contributed by atoms with Gasteiger partial charge in [0.25, 0.3) is 0 Å². The summed E-state index contributed by atoms with van der Waals surface area (Å²) in [5, 5.41) is 5.90. The maximum absolute atomic E-state index is 12.9. The van der Waals surface area contributed by atoms with Gasteiger partial charge < -0.3 is 10.6 Å². The lowest BCUT2D eigenvalue weighted by molar-refractivity contribution is -0.137. The zero-order chi connectivity index (χ0) is 21.8. The highest BCUT2D eigenvalue weighted by Crippen LogP contribution is 2.30. The van der Waals surface area contributed by atoms with Crippen molar-refractivity contribution >= 4 is 16.1 Å². The molecular weight excluding hydrogens is 419 g/mol. The van der Waals surface area contributed by atoms with Gasteiger partial charge in [0.15, 0.2) is 0 Å². The minimum atomic E-state index is -4.51. The van der Waals surface area contributed by atoms with E-state index in [1.54, 1.807) is 0 Å². The van der Waals surface area contributed by atoms with Crippen LogP contribution in [0.3, 0.4) is 0 Å². The van der Waals surface area contributed by atoms with E-state index < -0.39 is 27.5 Å². The number of carbonyl (C=O) groups excluding carboxylic acids is 1. The van der Waals surface area contributed by atoms with E-state index >= 15 is 0 Å². The third-order valence-electron chi connectivity index (χ3n) is 5.73. The van der Waals surface area contributed by atoms with Crippen LogP contribution in [0.5, 0.6) is 0 Å². The third-order valence-corrected chi connectivity index (χ3v) is 7.58. The summed E-state index contributed by atoms with van der Waals surface area (Å²) in [5.41, 5.74) is -0.751. The summed E-state index contributed by atoms with van der Waals surface area (Å²) in [6.07, 6.45) is 1.84. The molecule has 1 saturated heterocycles. The van der Waals surface area contributed by atoms with Gasteiger partial charge in [-0.25, -0.2) is 17.5 Å². The molecule has 10 heteroatoms. The molecule has 1 aromatic rings. The summed E-state index contributed by atoms with van der Waals surface area (Å²) in [4.78, 5) is 12.2. The fourth-order valence-electron chi connectivity index (χ4n) is 4.08. The average Bonchev–Trinajstić information content (AvgIpc) is 2.68. The Morgan fingerprint density at radius 1 is 1.00 bits per heavy atom. The fraction of sp³-hybridized carbons (Fsp3) is 0.650. The van der Waals surface area contributed by atoms with Gasteiger partial charge in [-0.05, 0) is 37.3 Å². The highest BCUT2D eigenvalue weighted by Gasteiger charge is 2.32. The smallest absolute Gasteiger partial charge is 0.335 e. The van der Waals surface area contributed by atoms with E-state index in [0.29, 0.717) is 12.8 Å². The Morgan fingerprint density at radius 2 is 1.60 bits per heavy atom. The molecule has 1 aliphatic heterocycles. The van der Waals surface area contributed by atoms with Gasteiger partial charge in [0.2, 0.25) is 10.0 Å². The normalized spacial score (nSPS) is 20.1. The molecule has 6 nitrogen and oxygen atoms in total. The maximum Gasteiger partial charge on any atom is 0.416 e. The first-order valence-corrected chi connectivity index (χ1v) is 12.0. The van der Waals surface area contributed by atoms with Crippen LogP contribution >= 0.6 is 0 Å². The molecule has 168 valence electrons. The molecule has 2 fully saturated rings. The van der Waals surface area contributed by atoms with Crippen molar-refractivity contribution in [3.63, 3.8) is 0 Å². The van der Waals surface area contributed by atoms with Crippen molar-refractivity contribution in [1.29, 1.82) is 0 Å². The summed E-state index contributed by atoms with van der Waals surface area (Å²) >= 11 is 0. The topological polar surface area (TPSA) is 78.5 Å². The van der Waals surface area contributed by atoms with Gasteiger partial charge in [-0.1, -0.05) is 37.5 Å². The quantitative estimate of drug-likeness (QED) is 0.724. The van der Waals surface area contributed by atoms with Crippen molar-refractivity contribution in [2.24, 2.45) is 0 Å². The number of nitrogens with zero attached hydrogens (tertiary/aromatic N) is 1. The van der Waals surface area contributed by atoms with Crippen LogP contribution in [0.15, 0.2) is 24.3 Å². The summed E-state index contributed by atoms with van der Waals surface area (Å²) in [7, 11) is -3.74. The highest BCUT2D eigenvalue weighted by molar-refractivity contribution is 7.88. The van der Waals surface area contributed by atoms with Gasteiger partial charge in [0, 0.05) is 25.2 Å². The van der Waals surface area contributed by atoms with Crippen LogP contribution in [0, 0.1) is 0 Å². The SMILES string of the molecule is O=C(NC1CCCCC1)NC1CCN(S(=O)(=O)Cc2cccc(C(F)(F)F)c2)CC1. The summed E-state index contributed by atoms with van der Waals surface area (Å²) in [6.45, 7) is 0.464. The Bertz CT molecular complexity index is 831. The Balaban J connectivity index is 1.49. The summed E-state index contributed by atoms with van der Waals surface area (Å²) < 4.78 is 65.2. The molecular formula is C20H28F3N3O3S. The molecule has 0 bridgehead atoms. The fourth-order valence-corrected chi connectivity index (χ4v) is 5.63. The van der Waals surface area contributed by atoms with Crippen LogP contribution in [0.2, 0.25) is 0 Å².